The van der Waals surface area contributed by atoms with Crippen LogP contribution in [-0.2, 0) is 6.54 Å². The van der Waals surface area contributed by atoms with Crippen LogP contribution in [-0.4, -0.2) is 41.7 Å². The minimum absolute atomic E-state index is 1.01. The van der Waals surface area contributed by atoms with Gasteiger partial charge in [0.2, 0.25) is 0 Å². The van der Waals surface area contributed by atoms with E-state index in [-0.39, 0.29) is 0 Å². The van der Waals surface area contributed by atoms with Crippen LogP contribution in [0.15, 0.2) is 36.5 Å². The quantitative estimate of drug-likeness (QED) is 0.669. The van der Waals surface area contributed by atoms with Crippen molar-refractivity contribution < 1.29 is 4.48 Å². The third kappa shape index (κ3) is 2.79. The smallest absolute Gasteiger partial charge is 0.0908 e. The number of nitrogens with zero attached hydrogens (tertiary/aromatic N) is 3. The number of hydrogen-bond donors (Lipinski definition) is 0. The Hall–Kier alpha value is -1.87. The number of fused-ring (bicyclic) bond motifs is 3. The van der Waals surface area contributed by atoms with E-state index in [0.717, 1.165) is 22.2 Å². The molecule has 2 aliphatic heterocycles. The van der Waals surface area contributed by atoms with Gasteiger partial charge in [-0.2, -0.15) is 0 Å². The first-order chi connectivity index (χ1) is 9.96. The van der Waals surface area contributed by atoms with Gasteiger partial charge < -0.3 is 9.05 Å². The molecule has 2 aliphatic rings. The summed E-state index contributed by atoms with van der Waals surface area (Å²) in [4.78, 5) is 4.81. The van der Waals surface area contributed by atoms with Crippen LogP contribution in [0.3, 0.4) is 0 Å². The van der Waals surface area contributed by atoms with E-state index in [1.54, 1.807) is 0 Å². The number of rotatable bonds is 4. The van der Waals surface area contributed by atoms with Gasteiger partial charge in [0.1, 0.15) is 0 Å². The van der Waals surface area contributed by atoms with Gasteiger partial charge >= 0.3 is 0 Å². The first-order valence-corrected chi connectivity index (χ1v) is 7.60. The van der Waals surface area contributed by atoms with Crippen molar-refractivity contribution >= 4 is 10.9 Å². The van der Waals surface area contributed by atoms with E-state index in [1.807, 2.05) is 0 Å². The molecule has 1 aromatic rings. The van der Waals surface area contributed by atoms with Crippen molar-refractivity contribution in [3.8, 4) is 11.3 Å². The Morgan fingerprint density at radius 2 is 1.86 bits per heavy atom. The molecule has 0 spiro atoms. The summed E-state index contributed by atoms with van der Waals surface area (Å²) in [6.45, 7) is 4.42. The molecule has 0 fully saturated rings. The van der Waals surface area contributed by atoms with Crippen LogP contribution in [0.25, 0.3) is 22.2 Å². The van der Waals surface area contributed by atoms with E-state index in [0.29, 0.717) is 0 Å². The number of para-hydroxylation sites is 1. The van der Waals surface area contributed by atoms with Crippen LogP contribution < -0.4 is 0 Å². The molecule has 0 aromatic heterocycles. The number of pyridine rings is 1. The van der Waals surface area contributed by atoms with Crippen LogP contribution >= 0.6 is 0 Å². The molecule has 3 heteroatoms. The highest BCUT2D eigenvalue weighted by molar-refractivity contribution is 5.97. The van der Waals surface area contributed by atoms with Crippen molar-refractivity contribution in [3.63, 3.8) is 0 Å². The molecule has 0 saturated heterocycles. The molecular weight excluding hydrogens is 258 g/mol. The minimum atomic E-state index is 1.01. The third-order valence-electron chi connectivity index (χ3n) is 4.10. The summed E-state index contributed by atoms with van der Waals surface area (Å²) in [5, 5.41) is 1.26. The SMILES string of the molecule is Cc1c2nc3ccccc3c-2ccn1CCC[N+](C)(C)C. The molecule has 2 heterocycles. The monoisotopic (exact) mass is 282 g/mol. The predicted octanol–water partition coefficient (Wildman–Crippen LogP) is 3.55. The molecule has 3 rings (SSSR count). The molecule has 0 atom stereocenters. The van der Waals surface area contributed by atoms with E-state index < -0.39 is 0 Å². The molecule has 0 unspecified atom stereocenters. The third-order valence-corrected chi connectivity index (χ3v) is 4.10. The van der Waals surface area contributed by atoms with Gasteiger partial charge in [0.25, 0.3) is 0 Å². The summed E-state index contributed by atoms with van der Waals surface area (Å²) in [5.41, 5.74) is 4.78. The summed E-state index contributed by atoms with van der Waals surface area (Å²) in [7, 11) is 6.73. The van der Waals surface area contributed by atoms with Gasteiger partial charge in [0, 0.05) is 35.8 Å². The molecule has 3 nitrogen and oxygen atoms in total. The fourth-order valence-electron chi connectivity index (χ4n) is 2.92. The molecule has 110 valence electrons. The lowest BCUT2D eigenvalue weighted by atomic mass is 10.1. The van der Waals surface area contributed by atoms with Crippen molar-refractivity contribution in [2.75, 3.05) is 27.7 Å². The molecule has 21 heavy (non-hydrogen) atoms. The fourth-order valence-corrected chi connectivity index (χ4v) is 2.92. The average Bonchev–Trinajstić information content (AvgIpc) is 2.80. The van der Waals surface area contributed by atoms with Gasteiger partial charge in [0.15, 0.2) is 0 Å². The number of aromatic nitrogens is 2. The second-order valence-corrected chi connectivity index (χ2v) is 6.85. The number of aryl methyl sites for hydroxylation is 1. The Kier molecular flexibility index (Phi) is 3.46. The highest BCUT2D eigenvalue weighted by Gasteiger charge is 2.15. The van der Waals surface area contributed by atoms with Crippen LogP contribution in [0.2, 0.25) is 0 Å². The van der Waals surface area contributed by atoms with E-state index >= 15 is 0 Å². The molecule has 0 amide bonds. The van der Waals surface area contributed by atoms with E-state index in [9.17, 15) is 0 Å². The largest absolute Gasteiger partial charge is 0.350 e. The Labute approximate surface area is 126 Å². The molecule has 0 N–H and O–H groups in total. The predicted molar refractivity (Wildman–Crippen MR) is 88.6 cm³/mol. The Morgan fingerprint density at radius 1 is 1.10 bits per heavy atom. The lowest BCUT2D eigenvalue weighted by molar-refractivity contribution is -0.870. The maximum Gasteiger partial charge on any atom is 0.0908 e. The van der Waals surface area contributed by atoms with E-state index in [1.165, 1.54) is 29.6 Å². The number of benzene rings is 1. The topological polar surface area (TPSA) is 17.8 Å². The van der Waals surface area contributed by atoms with Crippen LogP contribution in [0.1, 0.15) is 12.1 Å². The van der Waals surface area contributed by atoms with E-state index in [4.69, 9.17) is 4.98 Å². The van der Waals surface area contributed by atoms with Crippen molar-refractivity contribution in [2.45, 2.75) is 19.9 Å². The molecule has 0 bridgehead atoms. The summed E-state index contributed by atoms with van der Waals surface area (Å²) in [6, 6.07) is 10.6. The highest BCUT2D eigenvalue weighted by Crippen LogP contribution is 2.32. The Morgan fingerprint density at radius 3 is 2.62 bits per heavy atom. The van der Waals surface area contributed by atoms with Crippen LogP contribution in [0.5, 0.6) is 0 Å². The van der Waals surface area contributed by atoms with Gasteiger partial charge in [-0.1, -0.05) is 18.2 Å². The van der Waals surface area contributed by atoms with Crippen LogP contribution in [0, 0.1) is 6.92 Å². The summed E-state index contributed by atoms with van der Waals surface area (Å²) < 4.78 is 3.35. The number of quaternary nitrogens is 1. The van der Waals surface area contributed by atoms with E-state index in [2.05, 4.69) is 69.2 Å². The minimum Gasteiger partial charge on any atom is -0.350 e. The second-order valence-electron chi connectivity index (χ2n) is 6.85. The Balaban J connectivity index is 1.93. The zero-order valence-electron chi connectivity index (χ0n) is 13.4. The van der Waals surface area contributed by atoms with Crippen LogP contribution in [0.4, 0.5) is 0 Å². The summed E-state index contributed by atoms with van der Waals surface area (Å²) >= 11 is 0. The maximum absolute atomic E-state index is 4.81. The first-order valence-electron chi connectivity index (χ1n) is 7.60. The summed E-state index contributed by atoms with van der Waals surface area (Å²) in [6.07, 6.45) is 3.39. The highest BCUT2D eigenvalue weighted by atomic mass is 15.3. The standard InChI is InChI=1S/C18H24N3/c1-14-18-16(15-8-5-6-9-17(15)19-18)10-12-20(14)11-7-13-21(2,3)4/h5-6,8-10,12H,7,11,13H2,1-4H3/q+1. The van der Waals surface area contributed by atoms with Crippen molar-refractivity contribution in [2.24, 2.45) is 0 Å². The summed E-state index contributed by atoms with van der Waals surface area (Å²) in [5.74, 6) is 0. The lowest BCUT2D eigenvalue weighted by Gasteiger charge is -2.24. The molecule has 0 radical (unpaired) electrons. The molecule has 0 saturated carbocycles. The zero-order valence-corrected chi connectivity index (χ0v) is 13.4. The fraction of sp³-hybridized carbons (Fsp3) is 0.389. The van der Waals surface area contributed by atoms with Crippen molar-refractivity contribution in [1.82, 2.24) is 9.55 Å². The van der Waals surface area contributed by atoms with Gasteiger partial charge in [0.05, 0.1) is 38.9 Å². The normalized spacial score (nSPS) is 12.4. The van der Waals surface area contributed by atoms with Gasteiger partial charge in [-0.3, -0.25) is 0 Å². The van der Waals surface area contributed by atoms with Gasteiger partial charge in [-0.05, 0) is 19.1 Å². The molecule has 1 aromatic carbocycles. The first kappa shape index (κ1) is 14.1. The Bertz CT molecular complexity index is 734. The lowest BCUT2D eigenvalue weighted by Crippen LogP contribution is -2.35. The number of hydrogen-bond acceptors (Lipinski definition) is 1. The van der Waals surface area contributed by atoms with Crippen molar-refractivity contribution in [3.05, 3.63) is 42.2 Å². The molecular formula is C18H24N3+. The maximum atomic E-state index is 4.81. The average molecular weight is 282 g/mol. The molecule has 0 aliphatic carbocycles. The van der Waals surface area contributed by atoms with Gasteiger partial charge in [-0.15, -0.1) is 0 Å². The van der Waals surface area contributed by atoms with Gasteiger partial charge in [-0.25, -0.2) is 4.98 Å². The van der Waals surface area contributed by atoms with Crippen molar-refractivity contribution in [1.29, 1.82) is 0 Å². The second kappa shape index (κ2) is 5.15. The zero-order chi connectivity index (χ0) is 15.0.